The molecule has 3 rings (SSSR count). The lowest BCUT2D eigenvalue weighted by Gasteiger charge is -2.11. The van der Waals surface area contributed by atoms with Crippen molar-refractivity contribution in [1.82, 2.24) is 14.9 Å². The second-order valence-corrected chi connectivity index (χ2v) is 6.55. The molecule has 0 fully saturated rings. The summed E-state index contributed by atoms with van der Waals surface area (Å²) in [7, 11) is 1.65. The number of imidazole rings is 1. The SMILES string of the molecule is COc1ccccc1OCCCCn1c(CCCNC=O)nc2ccccc21. The lowest BCUT2D eigenvalue weighted by Crippen LogP contribution is -2.14. The molecule has 2 aromatic carbocycles. The van der Waals surface area contributed by atoms with E-state index in [0.717, 1.165) is 67.0 Å². The van der Waals surface area contributed by atoms with Gasteiger partial charge in [0.2, 0.25) is 6.41 Å². The number of amides is 1. The second-order valence-electron chi connectivity index (χ2n) is 6.55. The van der Waals surface area contributed by atoms with Crippen molar-refractivity contribution in [3.63, 3.8) is 0 Å². The second kappa shape index (κ2) is 10.3. The van der Waals surface area contributed by atoms with Crippen molar-refractivity contribution in [3.05, 3.63) is 54.4 Å². The molecule has 0 spiro atoms. The summed E-state index contributed by atoms with van der Waals surface area (Å²) >= 11 is 0. The number of aryl methyl sites for hydroxylation is 2. The van der Waals surface area contributed by atoms with Crippen molar-refractivity contribution in [1.29, 1.82) is 0 Å². The highest BCUT2D eigenvalue weighted by Crippen LogP contribution is 2.26. The van der Waals surface area contributed by atoms with Gasteiger partial charge in [0.1, 0.15) is 5.82 Å². The van der Waals surface area contributed by atoms with E-state index >= 15 is 0 Å². The molecule has 0 aliphatic rings. The molecule has 0 saturated carbocycles. The van der Waals surface area contributed by atoms with Crippen molar-refractivity contribution < 1.29 is 14.3 Å². The Bertz CT molecular complexity index is 892. The molecule has 148 valence electrons. The quantitative estimate of drug-likeness (QED) is 0.385. The van der Waals surface area contributed by atoms with Crippen LogP contribution in [0.5, 0.6) is 11.5 Å². The zero-order chi connectivity index (χ0) is 19.6. The summed E-state index contributed by atoms with van der Waals surface area (Å²) in [6.45, 7) is 2.21. The van der Waals surface area contributed by atoms with Crippen LogP contribution in [0.25, 0.3) is 11.0 Å². The number of carbonyl (C=O) groups excluding carboxylic acids is 1. The molecule has 1 aromatic heterocycles. The van der Waals surface area contributed by atoms with E-state index in [4.69, 9.17) is 14.5 Å². The van der Waals surface area contributed by atoms with Crippen molar-refractivity contribution in [2.45, 2.75) is 32.2 Å². The molecule has 28 heavy (non-hydrogen) atoms. The van der Waals surface area contributed by atoms with Gasteiger partial charge in [-0.15, -0.1) is 0 Å². The van der Waals surface area contributed by atoms with Crippen LogP contribution in [-0.2, 0) is 17.8 Å². The highest BCUT2D eigenvalue weighted by molar-refractivity contribution is 5.75. The number of nitrogens with one attached hydrogen (secondary N) is 1. The van der Waals surface area contributed by atoms with Gasteiger partial charge in [-0.3, -0.25) is 4.79 Å². The van der Waals surface area contributed by atoms with Gasteiger partial charge in [-0.25, -0.2) is 4.98 Å². The molecule has 3 aromatic rings. The van der Waals surface area contributed by atoms with E-state index < -0.39 is 0 Å². The third-order valence-corrected chi connectivity index (χ3v) is 4.64. The number of ether oxygens (including phenoxy) is 2. The summed E-state index contributed by atoms with van der Waals surface area (Å²) in [5.74, 6) is 2.61. The zero-order valence-electron chi connectivity index (χ0n) is 16.3. The van der Waals surface area contributed by atoms with Gasteiger partial charge < -0.3 is 19.4 Å². The Balaban J connectivity index is 1.56. The fourth-order valence-electron chi connectivity index (χ4n) is 3.27. The van der Waals surface area contributed by atoms with Crippen molar-refractivity contribution >= 4 is 17.4 Å². The fraction of sp³-hybridized carbons (Fsp3) is 0.364. The van der Waals surface area contributed by atoms with Crippen LogP contribution in [0.3, 0.4) is 0 Å². The lowest BCUT2D eigenvalue weighted by molar-refractivity contribution is -0.109. The number of hydrogen-bond donors (Lipinski definition) is 1. The Hall–Kier alpha value is -3.02. The van der Waals surface area contributed by atoms with Gasteiger partial charge in [-0.1, -0.05) is 24.3 Å². The summed E-state index contributed by atoms with van der Waals surface area (Å²) in [5.41, 5.74) is 2.18. The standard InChI is InChI=1S/C22H27N3O3/c1-27-20-11-4-5-12-21(20)28-16-7-6-15-25-19-10-3-2-9-18(19)24-22(25)13-8-14-23-17-26/h2-5,9-12,17H,6-8,13-16H2,1H3,(H,23,26). The van der Waals surface area contributed by atoms with E-state index in [9.17, 15) is 4.79 Å². The lowest BCUT2D eigenvalue weighted by atomic mass is 10.2. The predicted octanol–water partition coefficient (Wildman–Crippen LogP) is 3.58. The summed E-state index contributed by atoms with van der Waals surface area (Å²) < 4.78 is 13.5. The smallest absolute Gasteiger partial charge is 0.207 e. The first-order chi connectivity index (χ1) is 13.8. The summed E-state index contributed by atoms with van der Waals surface area (Å²) in [5, 5.41) is 2.71. The number of methoxy groups -OCH3 is 1. The number of carbonyl (C=O) groups is 1. The minimum Gasteiger partial charge on any atom is -0.493 e. The Kier molecular flexibility index (Phi) is 7.29. The van der Waals surface area contributed by atoms with Crippen LogP contribution in [0, 0.1) is 0 Å². The topological polar surface area (TPSA) is 65.4 Å². The van der Waals surface area contributed by atoms with Crippen molar-refractivity contribution in [2.24, 2.45) is 0 Å². The van der Waals surface area contributed by atoms with Gasteiger partial charge in [0, 0.05) is 19.5 Å². The number of benzene rings is 2. The Morgan fingerprint density at radius 2 is 1.82 bits per heavy atom. The Labute approximate surface area is 165 Å². The zero-order valence-corrected chi connectivity index (χ0v) is 16.3. The van der Waals surface area contributed by atoms with Crippen LogP contribution < -0.4 is 14.8 Å². The van der Waals surface area contributed by atoms with E-state index in [0.29, 0.717) is 13.2 Å². The number of para-hydroxylation sites is 4. The third-order valence-electron chi connectivity index (χ3n) is 4.64. The number of hydrogen-bond acceptors (Lipinski definition) is 4. The van der Waals surface area contributed by atoms with Crippen LogP contribution in [0.4, 0.5) is 0 Å². The van der Waals surface area contributed by atoms with E-state index in [1.54, 1.807) is 7.11 Å². The van der Waals surface area contributed by atoms with E-state index in [1.165, 1.54) is 0 Å². The van der Waals surface area contributed by atoms with Gasteiger partial charge in [-0.2, -0.15) is 0 Å². The Morgan fingerprint density at radius 3 is 2.64 bits per heavy atom. The number of unbranched alkanes of at least 4 members (excludes halogenated alkanes) is 1. The number of nitrogens with zero attached hydrogens (tertiary/aromatic N) is 2. The first-order valence-corrected chi connectivity index (χ1v) is 9.70. The molecule has 6 nitrogen and oxygen atoms in total. The Morgan fingerprint density at radius 1 is 1.04 bits per heavy atom. The summed E-state index contributed by atoms with van der Waals surface area (Å²) in [6, 6.07) is 15.9. The minimum absolute atomic E-state index is 0.644. The highest BCUT2D eigenvalue weighted by atomic mass is 16.5. The molecule has 0 aliphatic heterocycles. The molecule has 0 unspecified atom stereocenters. The van der Waals surface area contributed by atoms with Gasteiger partial charge in [0.15, 0.2) is 11.5 Å². The molecule has 0 atom stereocenters. The summed E-state index contributed by atoms with van der Waals surface area (Å²) in [4.78, 5) is 15.2. The molecule has 0 saturated heterocycles. The monoisotopic (exact) mass is 381 g/mol. The maximum atomic E-state index is 10.4. The van der Waals surface area contributed by atoms with Crippen LogP contribution in [0.2, 0.25) is 0 Å². The van der Waals surface area contributed by atoms with Gasteiger partial charge in [-0.05, 0) is 43.5 Å². The average molecular weight is 381 g/mol. The normalized spacial score (nSPS) is 10.8. The van der Waals surface area contributed by atoms with Gasteiger partial charge in [0.05, 0.1) is 24.8 Å². The highest BCUT2D eigenvalue weighted by Gasteiger charge is 2.10. The summed E-state index contributed by atoms with van der Waals surface area (Å²) in [6.07, 6.45) is 4.39. The molecule has 0 aliphatic carbocycles. The molecular formula is C22H27N3O3. The van der Waals surface area contributed by atoms with Crippen LogP contribution in [0.15, 0.2) is 48.5 Å². The molecule has 0 radical (unpaired) electrons. The average Bonchev–Trinajstić information content (AvgIpc) is 3.09. The first-order valence-electron chi connectivity index (χ1n) is 9.70. The van der Waals surface area contributed by atoms with Gasteiger partial charge in [0.25, 0.3) is 0 Å². The van der Waals surface area contributed by atoms with Crippen LogP contribution in [-0.4, -0.2) is 36.2 Å². The van der Waals surface area contributed by atoms with Crippen molar-refractivity contribution in [3.8, 4) is 11.5 Å². The van der Waals surface area contributed by atoms with E-state index in [-0.39, 0.29) is 0 Å². The third kappa shape index (κ3) is 5.03. The maximum absolute atomic E-state index is 10.4. The molecule has 6 heteroatoms. The largest absolute Gasteiger partial charge is 0.493 e. The van der Waals surface area contributed by atoms with Crippen molar-refractivity contribution in [2.75, 3.05) is 20.3 Å². The fourth-order valence-corrected chi connectivity index (χ4v) is 3.27. The molecule has 1 amide bonds. The molecule has 0 bridgehead atoms. The minimum atomic E-state index is 0.644. The van der Waals surface area contributed by atoms with Gasteiger partial charge >= 0.3 is 0 Å². The number of rotatable bonds is 12. The van der Waals surface area contributed by atoms with Crippen LogP contribution >= 0.6 is 0 Å². The van der Waals surface area contributed by atoms with E-state index in [1.807, 2.05) is 42.5 Å². The molecule has 1 heterocycles. The molecule has 1 N–H and O–H groups in total. The van der Waals surface area contributed by atoms with Crippen LogP contribution in [0.1, 0.15) is 25.1 Å². The van der Waals surface area contributed by atoms with E-state index in [2.05, 4.69) is 16.0 Å². The number of fused-ring (bicyclic) bond motifs is 1. The number of aromatic nitrogens is 2. The first kappa shape index (κ1) is 19.7. The predicted molar refractivity (Wildman–Crippen MR) is 110 cm³/mol. The maximum Gasteiger partial charge on any atom is 0.207 e. The molecular weight excluding hydrogens is 354 g/mol.